The van der Waals surface area contributed by atoms with Crippen molar-refractivity contribution in [2.45, 2.75) is 44.8 Å². The summed E-state index contributed by atoms with van der Waals surface area (Å²) in [4.78, 5) is 11.7. The molecule has 1 atom stereocenters. The van der Waals surface area contributed by atoms with Gasteiger partial charge in [0.05, 0.1) is 12.1 Å². The normalized spacial score (nSPS) is 25.2. The van der Waals surface area contributed by atoms with Crippen LogP contribution in [0, 0.1) is 0 Å². The Morgan fingerprint density at radius 3 is 2.75 bits per heavy atom. The minimum atomic E-state index is -0.473. The topological polar surface area (TPSA) is 47.6 Å². The molecule has 0 bridgehead atoms. The second-order valence-electron chi connectivity index (χ2n) is 5.20. The molecule has 1 amide bonds. The summed E-state index contributed by atoms with van der Waals surface area (Å²) in [5.74, 6) is 0. The molecule has 0 aromatic carbocycles. The predicted octanol–water partition coefficient (Wildman–Crippen LogP) is 2.25. The highest BCUT2D eigenvalue weighted by atomic mass is 16.6. The van der Waals surface area contributed by atoms with Gasteiger partial charge in [-0.15, -0.1) is 6.58 Å². The van der Waals surface area contributed by atoms with Crippen molar-refractivity contribution < 1.29 is 14.3 Å². The molecule has 1 aliphatic rings. The van der Waals surface area contributed by atoms with Crippen LogP contribution < -0.4 is 5.32 Å². The molecule has 1 fully saturated rings. The molecule has 1 N–H and O–H groups in total. The Morgan fingerprint density at radius 1 is 1.62 bits per heavy atom. The van der Waals surface area contributed by atoms with Crippen LogP contribution in [0.15, 0.2) is 12.7 Å². The summed E-state index contributed by atoms with van der Waals surface area (Å²) in [6.45, 7) is 10.4. The van der Waals surface area contributed by atoms with Gasteiger partial charge in [0, 0.05) is 6.61 Å². The Kier molecular flexibility index (Phi) is 3.97. The monoisotopic (exact) mass is 227 g/mol. The number of alkyl carbamates (subject to hydrolysis) is 1. The zero-order chi connectivity index (χ0) is 12.2. The molecule has 16 heavy (non-hydrogen) atoms. The lowest BCUT2D eigenvalue weighted by Gasteiger charge is -2.29. The molecule has 92 valence electrons. The van der Waals surface area contributed by atoms with Crippen molar-refractivity contribution in [2.24, 2.45) is 0 Å². The lowest BCUT2D eigenvalue weighted by atomic mass is 9.95. The van der Waals surface area contributed by atoms with Gasteiger partial charge < -0.3 is 14.8 Å². The van der Waals surface area contributed by atoms with Gasteiger partial charge in [-0.05, 0) is 33.6 Å². The first-order chi connectivity index (χ1) is 7.37. The Morgan fingerprint density at radius 2 is 2.31 bits per heavy atom. The van der Waals surface area contributed by atoms with Crippen LogP contribution in [0.25, 0.3) is 0 Å². The van der Waals surface area contributed by atoms with E-state index in [0.29, 0.717) is 19.6 Å². The van der Waals surface area contributed by atoms with Gasteiger partial charge in [0.15, 0.2) is 0 Å². The first kappa shape index (κ1) is 13.0. The highest BCUT2D eigenvalue weighted by molar-refractivity contribution is 5.69. The summed E-state index contributed by atoms with van der Waals surface area (Å²) in [5.41, 5.74) is -0.803. The van der Waals surface area contributed by atoms with Crippen LogP contribution in [0.1, 0.15) is 33.6 Å². The molecule has 0 aromatic heterocycles. The molecule has 0 aliphatic carbocycles. The summed E-state index contributed by atoms with van der Waals surface area (Å²) >= 11 is 0. The lowest BCUT2D eigenvalue weighted by Crippen LogP contribution is -2.50. The fraction of sp³-hybridized carbons (Fsp3) is 0.750. The van der Waals surface area contributed by atoms with Crippen molar-refractivity contribution in [2.75, 3.05) is 13.2 Å². The maximum absolute atomic E-state index is 11.7. The zero-order valence-electron chi connectivity index (χ0n) is 10.3. The third-order valence-corrected chi connectivity index (χ3v) is 2.40. The third-order valence-electron chi connectivity index (χ3n) is 2.40. The number of ether oxygens (including phenoxy) is 2. The average molecular weight is 227 g/mol. The smallest absolute Gasteiger partial charge is 0.408 e. The third kappa shape index (κ3) is 3.85. The fourth-order valence-electron chi connectivity index (χ4n) is 1.71. The molecule has 1 unspecified atom stereocenters. The van der Waals surface area contributed by atoms with E-state index in [1.165, 1.54) is 0 Å². The van der Waals surface area contributed by atoms with Gasteiger partial charge in [-0.1, -0.05) is 6.08 Å². The molecule has 4 nitrogen and oxygen atoms in total. The van der Waals surface area contributed by atoms with Crippen LogP contribution in [0.2, 0.25) is 0 Å². The number of hydrogen-bond acceptors (Lipinski definition) is 3. The Hall–Kier alpha value is -1.03. The number of rotatable bonds is 3. The number of hydrogen-bond donors (Lipinski definition) is 1. The summed E-state index contributed by atoms with van der Waals surface area (Å²) in [7, 11) is 0. The van der Waals surface area contributed by atoms with E-state index in [1.807, 2.05) is 20.8 Å². The first-order valence-corrected chi connectivity index (χ1v) is 5.57. The molecule has 0 radical (unpaired) electrons. The molecule has 1 heterocycles. The minimum absolute atomic E-state index is 0.329. The fourth-order valence-corrected chi connectivity index (χ4v) is 1.71. The standard InChI is InChI=1S/C12H21NO3/c1-5-6-12(7-8-15-9-12)13-10(14)16-11(2,3)4/h5H,1,6-9H2,2-4H3,(H,13,14). The molecule has 1 saturated heterocycles. The summed E-state index contributed by atoms with van der Waals surface area (Å²) in [6.07, 6.45) is 2.91. The van der Waals surface area contributed by atoms with Gasteiger partial charge in [0.2, 0.25) is 0 Å². The van der Waals surface area contributed by atoms with Gasteiger partial charge in [-0.2, -0.15) is 0 Å². The molecule has 0 spiro atoms. The van der Waals surface area contributed by atoms with Crippen molar-refractivity contribution in [3.63, 3.8) is 0 Å². The van der Waals surface area contributed by atoms with Crippen LogP contribution >= 0.6 is 0 Å². The van der Waals surface area contributed by atoms with E-state index >= 15 is 0 Å². The Bertz CT molecular complexity index is 262. The van der Waals surface area contributed by atoms with Crippen molar-refractivity contribution in [1.82, 2.24) is 5.32 Å². The molecule has 1 aliphatic heterocycles. The highest BCUT2D eigenvalue weighted by Crippen LogP contribution is 2.23. The number of nitrogens with one attached hydrogen (secondary N) is 1. The van der Waals surface area contributed by atoms with Crippen LogP contribution in [0.4, 0.5) is 4.79 Å². The molecule has 0 aromatic rings. The first-order valence-electron chi connectivity index (χ1n) is 5.57. The number of amides is 1. The highest BCUT2D eigenvalue weighted by Gasteiger charge is 2.36. The molecule has 4 heteroatoms. The van der Waals surface area contributed by atoms with E-state index in [4.69, 9.17) is 9.47 Å². The van der Waals surface area contributed by atoms with E-state index in [-0.39, 0.29) is 11.6 Å². The quantitative estimate of drug-likeness (QED) is 0.752. The SMILES string of the molecule is C=CCC1(NC(=O)OC(C)(C)C)CCOC1. The van der Waals surface area contributed by atoms with E-state index in [0.717, 1.165) is 6.42 Å². The summed E-state index contributed by atoms with van der Waals surface area (Å²) < 4.78 is 10.6. The second-order valence-corrected chi connectivity index (χ2v) is 5.20. The van der Waals surface area contributed by atoms with Gasteiger partial charge >= 0.3 is 6.09 Å². The van der Waals surface area contributed by atoms with E-state index < -0.39 is 5.60 Å². The Balaban J connectivity index is 2.55. The van der Waals surface area contributed by atoms with Gasteiger partial charge in [-0.25, -0.2) is 4.79 Å². The molecular formula is C12H21NO3. The van der Waals surface area contributed by atoms with Crippen LogP contribution in [-0.2, 0) is 9.47 Å². The zero-order valence-corrected chi connectivity index (χ0v) is 10.3. The number of carbonyl (C=O) groups is 1. The van der Waals surface area contributed by atoms with Crippen molar-refractivity contribution >= 4 is 6.09 Å². The molecular weight excluding hydrogens is 206 g/mol. The van der Waals surface area contributed by atoms with Crippen LogP contribution in [0.3, 0.4) is 0 Å². The van der Waals surface area contributed by atoms with E-state index in [2.05, 4.69) is 11.9 Å². The molecule has 1 rings (SSSR count). The Labute approximate surface area is 97.0 Å². The molecule has 0 saturated carbocycles. The number of carbonyl (C=O) groups excluding carboxylic acids is 1. The maximum Gasteiger partial charge on any atom is 0.408 e. The predicted molar refractivity (Wildman–Crippen MR) is 62.4 cm³/mol. The van der Waals surface area contributed by atoms with Crippen molar-refractivity contribution in [1.29, 1.82) is 0 Å². The van der Waals surface area contributed by atoms with Crippen molar-refractivity contribution in [3.8, 4) is 0 Å². The second kappa shape index (κ2) is 4.87. The van der Waals surface area contributed by atoms with E-state index in [1.54, 1.807) is 6.08 Å². The van der Waals surface area contributed by atoms with Gasteiger partial charge in [0.1, 0.15) is 5.60 Å². The van der Waals surface area contributed by atoms with E-state index in [9.17, 15) is 4.79 Å². The largest absolute Gasteiger partial charge is 0.444 e. The van der Waals surface area contributed by atoms with Crippen LogP contribution in [0.5, 0.6) is 0 Å². The maximum atomic E-state index is 11.7. The van der Waals surface area contributed by atoms with Gasteiger partial charge in [0.25, 0.3) is 0 Å². The van der Waals surface area contributed by atoms with Crippen LogP contribution in [-0.4, -0.2) is 30.4 Å². The average Bonchev–Trinajstić information content (AvgIpc) is 2.49. The lowest BCUT2D eigenvalue weighted by molar-refractivity contribution is 0.0442. The minimum Gasteiger partial charge on any atom is -0.444 e. The summed E-state index contributed by atoms with van der Waals surface area (Å²) in [5, 5.41) is 2.89. The summed E-state index contributed by atoms with van der Waals surface area (Å²) in [6, 6.07) is 0. The van der Waals surface area contributed by atoms with Crippen molar-refractivity contribution in [3.05, 3.63) is 12.7 Å². The van der Waals surface area contributed by atoms with Gasteiger partial charge in [-0.3, -0.25) is 0 Å².